The minimum atomic E-state index is -0.982. The number of hydrogen-bond acceptors (Lipinski definition) is 8. The molecule has 1 N–H and O–H groups in total. The summed E-state index contributed by atoms with van der Waals surface area (Å²) in [6, 6.07) is 5.89. The molecule has 198 valence electrons. The van der Waals surface area contributed by atoms with E-state index in [0.717, 1.165) is 32.0 Å². The maximum atomic E-state index is 14.2. The fraction of sp³-hybridized carbons (Fsp3) is 0.407. The van der Waals surface area contributed by atoms with Crippen molar-refractivity contribution in [3.05, 3.63) is 52.8 Å². The molecule has 2 aromatic rings. The summed E-state index contributed by atoms with van der Waals surface area (Å²) in [4.78, 5) is 30.3. The van der Waals surface area contributed by atoms with E-state index >= 15 is 0 Å². The van der Waals surface area contributed by atoms with E-state index in [1.54, 1.807) is 12.1 Å². The number of aliphatic hydroxyl groups is 1. The number of nitrogens with zero attached hydrogens (tertiary/aromatic N) is 2. The second-order valence-electron chi connectivity index (χ2n) is 8.84. The van der Waals surface area contributed by atoms with Gasteiger partial charge in [0.2, 0.25) is 5.75 Å². The van der Waals surface area contributed by atoms with E-state index in [9.17, 15) is 19.1 Å². The molecule has 37 heavy (non-hydrogen) atoms. The van der Waals surface area contributed by atoms with Gasteiger partial charge in [-0.15, -0.1) is 0 Å². The van der Waals surface area contributed by atoms with Crippen LogP contribution < -0.4 is 18.9 Å². The van der Waals surface area contributed by atoms with Crippen LogP contribution in [0.15, 0.2) is 35.9 Å². The summed E-state index contributed by atoms with van der Waals surface area (Å²) in [6.07, 6.45) is 2.16. The third kappa shape index (κ3) is 4.93. The van der Waals surface area contributed by atoms with Crippen LogP contribution in [0.5, 0.6) is 23.0 Å². The molecule has 2 aromatic carbocycles. The number of ether oxygens (including phenoxy) is 4. The largest absolute Gasteiger partial charge is 0.507 e. The Morgan fingerprint density at radius 3 is 2.11 bits per heavy atom. The van der Waals surface area contributed by atoms with Crippen molar-refractivity contribution >= 4 is 17.4 Å². The van der Waals surface area contributed by atoms with Crippen molar-refractivity contribution in [2.24, 2.45) is 0 Å². The molecule has 1 amide bonds. The molecule has 2 aliphatic heterocycles. The maximum absolute atomic E-state index is 14.2. The molecule has 2 saturated heterocycles. The van der Waals surface area contributed by atoms with E-state index in [2.05, 4.69) is 4.90 Å². The van der Waals surface area contributed by atoms with Gasteiger partial charge in [0.15, 0.2) is 11.5 Å². The first kappa shape index (κ1) is 26.3. The Morgan fingerprint density at radius 1 is 0.919 bits per heavy atom. The van der Waals surface area contributed by atoms with Crippen LogP contribution in [-0.4, -0.2) is 81.2 Å². The van der Waals surface area contributed by atoms with E-state index in [-0.39, 0.29) is 23.4 Å². The van der Waals surface area contributed by atoms with E-state index in [0.29, 0.717) is 29.4 Å². The minimum absolute atomic E-state index is 0.0301. The van der Waals surface area contributed by atoms with Crippen molar-refractivity contribution in [3.63, 3.8) is 0 Å². The van der Waals surface area contributed by atoms with Gasteiger partial charge in [-0.05, 0) is 61.8 Å². The Balaban J connectivity index is 1.90. The highest BCUT2D eigenvalue weighted by molar-refractivity contribution is 6.46. The van der Waals surface area contributed by atoms with Gasteiger partial charge < -0.3 is 33.9 Å². The molecule has 2 aliphatic rings. The Labute approximate surface area is 215 Å². The number of hydrogen-bond donors (Lipinski definition) is 1. The fourth-order valence-electron chi connectivity index (χ4n) is 4.98. The summed E-state index contributed by atoms with van der Waals surface area (Å²) in [5, 5.41) is 11.4. The second-order valence-corrected chi connectivity index (χ2v) is 8.84. The van der Waals surface area contributed by atoms with Gasteiger partial charge >= 0.3 is 0 Å². The number of carbonyl (C=O) groups excluding carboxylic acids is 2. The van der Waals surface area contributed by atoms with Gasteiger partial charge in [0.1, 0.15) is 17.3 Å². The molecule has 0 aliphatic carbocycles. The molecule has 0 spiro atoms. The molecule has 2 fully saturated rings. The summed E-state index contributed by atoms with van der Waals surface area (Å²) in [5.41, 5.74) is 0.258. The Kier molecular flexibility index (Phi) is 7.87. The van der Waals surface area contributed by atoms with Crippen molar-refractivity contribution in [3.8, 4) is 23.0 Å². The number of Topliss-reactive ketones (excluding diaryl/α,β-unsaturated/α-hetero) is 1. The Bertz CT molecular complexity index is 1200. The molecular formula is C27H31FN2O7. The van der Waals surface area contributed by atoms with Gasteiger partial charge in [0.05, 0.1) is 45.6 Å². The van der Waals surface area contributed by atoms with Crippen molar-refractivity contribution in [2.45, 2.75) is 18.9 Å². The summed E-state index contributed by atoms with van der Waals surface area (Å²) < 4.78 is 35.9. The average Bonchev–Trinajstić information content (AvgIpc) is 3.52. The number of amides is 1. The van der Waals surface area contributed by atoms with Crippen LogP contribution in [0.1, 0.15) is 30.0 Å². The lowest BCUT2D eigenvalue weighted by Gasteiger charge is -2.28. The zero-order chi connectivity index (χ0) is 26.7. The molecule has 0 aromatic heterocycles. The molecule has 2 heterocycles. The lowest BCUT2D eigenvalue weighted by atomic mass is 9.94. The van der Waals surface area contributed by atoms with Crippen molar-refractivity contribution in [2.75, 3.05) is 54.6 Å². The topological polar surface area (TPSA) is 97.8 Å². The number of carbonyl (C=O) groups is 2. The fourth-order valence-corrected chi connectivity index (χ4v) is 4.98. The predicted octanol–water partition coefficient (Wildman–Crippen LogP) is 3.38. The average molecular weight is 515 g/mol. The summed E-state index contributed by atoms with van der Waals surface area (Å²) >= 11 is 0. The lowest BCUT2D eigenvalue weighted by Crippen LogP contribution is -2.37. The number of halogens is 1. The van der Waals surface area contributed by atoms with Crippen LogP contribution in [0, 0.1) is 5.82 Å². The monoisotopic (exact) mass is 514 g/mol. The molecular weight excluding hydrogens is 483 g/mol. The Morgan fingerprint density at radius 2 is 1.54 bits per heavy atom. The van der Waals surface area contributed by atoms with Gasteiger partial charge in [-0.1, -0.05) is 0 Å². The number of methoxy groups -OCH3 is 4. The highest BCUT2D eigenvalue weighted by atomic mass is 19.1. The van der Waals surface area contributed by atoms with E-state index in [1.165, 1.54) is 45.5 Å². The van der Waals surface area contributed by atoms with Crippen molar-refractivity contribution < 1.29 is 38.0 Å². The van der Waals surface area contributed by atoms with Crippen LogP contribution in [0.4, 0.5) is 4.39 Å². The third-order valence-electron chi connectivity index (χ3n) is 6.82. The van der Waals surface area contributed by atoms with Gasteiger partial charge in [0, 0.05) is 13.1 Å². The molecule has 9 nitrogen and oxygen atoms in total. The van der Waals surface area contributed by atoms with Gasteiger partial charge in [0.25, 0.3) is 11.7 Å². The first-order valence-corrected chi connectivity index (χ1v) is 12.0. The van der Waals surface area contributed by atoms with Crippen LogP contribution in [0.3, 0.4) is 0 Å². The summed E-state index contributed by atoms with van der Waals surface area (Å²) in [7, 11) is 5.76. The minimum Gasteiger partial charge on any atom is -0.507 e. The van der Waals surface area contributed by atoms with E-state index in [1.807, 2.05) is 0 Å². The third-order valence-corrected chi connectivity index (χ3v) is 6.82. The van der Waals surface area contributed by atoms with E-state index in [4.69, 9.17) is 18.9 Å². The molecule has 1 atom stereocenters. The quantitative estimate of drug-likeness (QED) is 0.309. The highest BCUT2D eigenvalue weighted by Crippen LogP contribution is 2.46. The van der Waals surface area contributed by atoms with Crippen LogP contribution in [0.2, 0.25) is 0 Å². The number of rotatable bonds is 9. The van der Waals surface area contributed by atoms with Crippen molar-refractivity contribution in [1.82, 2.24) is 9.80 Å². The normalized spacial score (nSPS) is 19.4. The van der Waals surface area contributed by atoms with Crippen LogP contribution in [0.25, 0.3) is 5.76 Å². The molecule has 0 saturated carbocycles. The summed E-state index contributed by atoms with van der Waals surface area (Å²) in [5.74, 6) is -1.64. The predicted molar refractivity (Wildman–Crippen MR) is 134 cm³/mol. The number of likely N-dealkylation sites (tertiary alicyclic amines) is 2. The zero-order valence-corrected chi connectivity index (χ0v) is 21.4. The SMILES string of the molecule is COc1ccc(F)cc1/C(O)=C1\C(=O)C(=O)N(CCN2CCCC2)C1c1cc(OC)c(OC)c(OC)c1. The molecule has 1 unspecified atom stereocenters. The second kappa shape index (κ2) is 11.1. The maximum Gasteiger partial charge on any atom is 0.295 e. The first-order chi connectivity index (χ1) is 17.8. The molecule has 4 rings (SSSR count). The standard InChI is InChI=1S/C27H31FN2O7/c1-34-19-8-7-17(28)15-18(19)24(31)22-23(16-13-20(35-2)26(37-4)21(14-16)36-3)30(27(33)25(22)32)12-11-29-9-5-6-10-29/h7-8,13-15,23,31H,5-6,9-12H2,1-4H3/b24-22+. The van der Waals surface area contributed by atoms with Gasteiger partial charge in [-0.3, -0.25) is 9.59 Å². The zero-order valence-electron chi connectivity index (χ0n) is 21.4. The highest BCUT2D eigenvalue weighted by Gasteiger charge is 2.47. The summed E-state index contributed by atoms with van der Waals surface area (Å²) in [6.45, 7) is 2.65. The molecule has 10 heteroatoms. The first-order valence-electron chi connectivity index (χ1n) is 12.0. The lowest BCUT2D eigenvalue weighted by molar-refractivity contribution is -0.140. The van der Waals surface area contributed by atoms with Crippen LogP contribution in [-0.2, 0) is 9.59 Å². The number of benzene rings is 2. The number of aliphatic hydroxyl groups excluding tert-OH is 1. The molecule has 0 radical (unpaired) electrons. The van der Waals surface area contributed by atoms with Crippen LogP contribution >= 0.6 is 0 Å². The molecule has 0 bridgehead atoms. The van der Waals surface area contributed by atoms with Crippen molar-refractivity contribution in [1.29, 1.82) is 0 Å². The van der Waals surface area contributed by atoms with Gasteiger partial charge in [-0.25, -0.2) is 4.39 Å². The number of ketones is 1. The smallest absolute Gasteiger partial charge is 0.295 e. The Hall–Kier alpha value is -3.79. The van der Waals surface area contributed by atoms with E-state index < -0.39 is 29.3 Å². The van der Waals surface area contributed by atoms with Gasteiger partial charge in [-0.2, -0.15) is 0 Å².